The van der Waals surface area contributed by atoms with Crippen molar-refractivity contribution in [1.29, 1.82) is 0 Å². The molecule has 0 aliphatic carbocycles. The summed E-state index contributed by atoms with van der Waals surface area (Å²) in [4.78, 5) is 22.4. The fourth-order valence-corrected chi connectivity index (χ4v) is 1.29. The second-order valence-corrected chi connectivity index (χ2v) is 5.04. The van der Waals surface area contributed by atoms with E-state index in [9.17, 15) is 9.59 Å². The van der Waals surface area contributed by atoms with Crippen molar-refractivity contribution >= 4 is 12.0 Å². The number of alkyl carbamates (subject to hydrolysis) is 1. The van der Waals surface area contributed by atoms with Crippen molar-refractivity contribution in [3.63, 3.8) is 0 Å². The van der Waals surface area contributed by atoms with Crippen LogP contribution < -0.4 is 16.2 Å². The SMILES string of the molecule is CNNC(=O)CCCCCNC(=O)OC(C)(C)C. The number of nitrogens with one attached hydrogen (secondary N) is 3. The molecule has 0 aromatic heterocycles. The summed E-state index contributed by atoms with van der Waals surface area (Å²) in [6.45, 7) is 6.05. The number of carbonyl (C=O) groups is 2. The fraction of sp³-hybridized carbons (Fsp3) is 0.833. The van der Waals surface area contributed by atoms with Crippen molar-refractivity contribution < 1.29 is 14.3 Å². The van der Waals surface area contributed by atoms with Crippen LogP contribution in [0.2, 0.25) is 0 Å². The Morgan fingerprint density at radius 1 is 1.11 bits per heavy atom. The van der Waals surface area contributed by atoms with E-state index in [4.69, 9.17) is 4.74 Å². The average Bonchev–Trinajstić information content (AvgIpc) is 2.21. The van der Waals surface area contributed by atoms with Gasteiger partial charge >= 0.3 is 6.09 Å². The third-order valence-corrected chi connectivity index (χ3v) is 2.01. The minimum absolute atomic E-state index is 0.0161. The minimum Gasteiger partial charge on any atom is -0.444 e. The molecule has 18 heavy (non-hydrogen) atoms. The number of carbonyl (C=O) groups excluding carboxylic acids is 2. The first kappa shape index (κ1) is 16.7. The molecule has 0 aromatic carbocycles. The highest BCUT2D eigenvalue weighted by Gasteiger charge is 2.15. The van der Waals surface area contributed by atoms with Crippen LogP contribution in [0.3, 0.4) is 0 Å². The van der Waals surface area contributed by atoms with Gasteiger partial charge in [0, 0.05) is 20.0 Å². The largest absolute Gasteiger partial charge is 0.444 e. The molecule has 0 saturated carbocycles. The standard InChI is InChI=1S/C12H25N3O3/c1-12(2,3)18-11(17)14-9-7-5-6-8-10(16)15-13-4/h13H,5-9H2,1-4H3,(H,14,17)(H,15,16). The van der Waals surface area contributed by atoms with Crippen LogP contribution in [0, 0.1) is 0 Å². The van der Waals surface area contributed by atoms with Crippen LogP contribution in [0.15, 0.2) is 0 Å². The molecular formula is C12H25N3O3. The minimum atomic E-state index is -0.463. The van der Waals surface area contributed by atoms with Gasteiger partial charge in [0.25, 0.3) is 0 Å². The molecule has 0 aromatic rings. The van der Waals surface area contributed by atoms with Gasteiger partial charge in [-0.2, -0.15) is 0 Å². The Hall–Kier alpha value is -1.30. The number of rotatable bonds is 7. The van der Waals surface area contributed by atoms with E-state index in [-0.39, 0.29) is 5.91 Å². The van der Waals surface area contributed by atoms with E-state index in [1.807, 2.05) is 20.8 Å². The molecule has 0 atom stereocenters. The number of ether oxygens (including phenoxy) is 1. The van der Waals surface area contributed by atoms with Crippen LogP contribution >= 0.6 is 0 Å². The van der Waals surface area contributed by atoms with Gasteiger partial charge < -0.3 is 10.1 Å². The first-order valence-electron chi connectivity index (χ1n) is 6.27. The van der Waals surface area contributed by atoms with E-state index < -0.39 is 11.7 Å². The first-order valence-corrected chi connectivity index (χ1v) is 6.27. The van der Waals surface area contributed by atoms with Gasteiger partial charge in [0.1, 0.15) is 5.60 Å². The molecule has 0 aliphatic heterocycles. The summed E-state index contributed by atoms with van der Waals surface area (Å²) in [5.74, 6) is -0.0161. The lowest BCUT2D eigenvalue weighted by Crippen LogP contribution is -2.34. The van der Waals surface area contributed by atoms with E-state index >= 15 is 0 Å². The van der Waals surface area contributed by atoms with Crippen LogP contribution in [0.4, 0.5) is 4.79 Å². The number of unbranched alkanes of at least 4 members (excludes halogenated alkanes) is 2. The maximum atomic E-state index is 11.3. The Bertz CT molecular complexity index is 262. The molecule has 0 aliphatic rings. The van der Waals surface area contributed by atoms with E-state index in [1.165, 1.54) is 0 Å². The van der Waals surface area contributed by atoms with Gasteiger partial charge in [-0.3, -0.25) is 10.2 Å². The predicted molar refractivity (Wildman–Crippen MR) is 69.9 cm³/mol. The lowest BCUT2D eigenvalue weighted by molar-refractivity contribution is -0.122. The Balaban J connectivity index is 3.41. The van der Waals surface area contributed by atoms with E-state index in [2.05, 4.69) is 16.2 Å². The highest BCUT2D eigenvalue weighted by molar-refractivity contribution is 5.75. The molecule has 106 valence electrons. The summed E-state index contributed by atoms with van der Waals surface area (Å²) in [5.41, 5.74) is 4.62. The van der Waals surface area contributed by atoms with Gasteiger partial charge in [0.15, 0.2) is 0 Å². The molecule has 0 unspecified atom stereocenters. The van der Waals surface area contributed by atoms with Gasteiger partial charge in [-0.25, -0.2) is 10.2 Å². The topological polar surface area (TPSA) is 79.5 Å². The van der Waals surface area contributed by atoms with Crippen molar-refractivity contribution in [1.82, 2.24) is 16.2 Å². The molecule has 0 fully saturated rings. The summed E-state index contributed by atoms with van der Waals surface area (Å²) in [6, 6.07) is 0. The van der Waals surface area contributed by atoms with Crippen LogP contribution in [0.25, 0.3) is 0 Å². The highest BCUT2D eigenvalue weighted by atomic mass is 16.6. The van der Waals surface area contributed by atoms with Crippen molar-refractivity contribution in [2.45, 2.75) is 52.1 Å². The number of hydrogen-bond donors (Lipinski definition) is 3. The Morgan fingerprint density at radius 3 is 2.33 bits per heavy atom. The van der Waals surface area contributed by atoms with Gasteiger partial charge in [0.05, 0.1) is 0 Å². The number of amides is 2. The quantitative estimate of drug-likeness (QED) is 0.476. The third kappa shape index (κ3) is 11.2. The lowest BCUT2D eigenvalue weighted by Gasteiger charge is -2.19. The van der Waals surface area contributed by atoms with Crippen molar-refractivity contribution in [3.05, 3.63) is 0 Å². The molecule has 6 heteroatoms. The Morgan fingerprint density at radius 2 is 1.78 bits per heavy atom. The van der Waals surface area contributed by atoms with E-state index in [0.29, 0.717) is 13.0 Å². The molecule has 6 nitrogen and oxygen atoms in total. The zero-order chi connectivity index (χ0) is 14.0. The number of hydrogen-bond acceptors (Lipinski definition) is 4. The van der Waals surface area contributed by atoms with E-state index in [0.717, 1.165) is 19.3 Å². The second-order valence-electron chi connectivity index (χ2n) is 5.04. The smallest absolute Gasteiger partial charge is 0.407 e. The molecule has 0 rings (SSSR count). The first-order chi connectivity index (χ1) is 8.35. The van der Waals surface area contributed by atoms with Gasteiger partial charge in [-0.15, -0.1) is 0 Å². The van der Waals surface area contributed by atoms with Crippen LogP contribution in [0.1, 0.15) is 46.5 Å². The summed E-state index contributed by atoms with van der Waals surface area (Å²) < 4.78 is 5.09. The zero-order valence-electron chi connectivity index (χ0n) is 11.8. The summed E-state index contributed by atoms with van der Waals surface area (Å²) >= 11 is 0. The molecule has 0 saturated heterocycles. The maximum Gasteiger partial charge on any atom is 0.407 e. The molecule has 0 radical (unpaired) electrons. The molecule has 3 N–H and O–H groups in total. The average molecular weight is 259 g/mol. The summed E-state index contributed by atoms with van der Waals surface area (Å²) in [7, 11) is 1.66. The summed E-state index contributed by atoms with van der Waals surface area (Å²) in [5, 5.41) is 2.68. The monoisotopic (exact) mass is 259 g/mol. The van der Waals surface area contributed by atoms with Gasteiger partial charge in [-0.1, -0.05) is 6.42 Å². The molecule has 2 amide bonds. The van der Waals surface area contributed by atoms with Crippen molar-refractivity contribution in [2.75, 3.05) is 13.6 Å². The fourth-order valence-electron chi connectivity index (χ4n) is 1.29. The lowest BCUT2D eigenvalue weighted by atomic mass is 10.2. The molecule has 0 heterocycles. The van der Waals surface area contributed by atoms with Crippen LogP contribution in [-0.2, 0) is 9.53 Å². The predicted octanol–water partition coefficient (Wildman–Crippen LogP) is 1.32. The van der Waals surface area contributed by atoms with Crippen molar-refractivity contribution in [2.24, 2.45) is 0 Å². The molecule has 0 bridgehead atoms. The van der Waals surface area contributed by atoms with Gasteiger partial charge in [-0.05, 0) is 33.6 Å². The normalized spacial score (nSPS) is 10.9. The van der Waals surface area contributed by atoms with Crippen LogP contribution in [-0.4, -0.2) is 31.2 Å². The summed E-state index contributed by atoms with van der Waals surface area (Å²) in [6.07, 6.45) is 2.64. The molecular weight excluding hydrogens is 234 g/mol. The van der Waals surface area contributed by atoms with E-state index in [1.54, 1.807) is 7.05 Å². The second kappa shape index (κ2) is 8.74. The Labute approximate surface area is 109 Å². The molecule has 0 spiro atoms. The highest BCUT2D eigenvalue weighted by Crippen LogP contribution is 2.06. The third-order valence-electron chi connectivity index (χ3n) is 2.01. The number of hydrazine groups is 1. The van der Waals surface area contributed by atoms with Crippen molar-refractivity contribution in [3.8, 4) is 0 Å². The maximum absolute atomic E-state index is 11.3. The Kier molecular flexibility index (Phi) is 8.11. The van der Waals surface area contributed by atoms with Gasteiger partial charge in [0.2, 0.25) is 5.91 Å². The van der Waals surface area contributed by atoms with Crippen LogP contribution in [0.5, 0.6) is 0 Å². The zero-order valence-corrected chi connectivity index (χ0v) is 11.8.